The maximum Gasteiger partial charge on any atom is 0.237 e. The molecule has 2 heterocycles. The minimum atomic E-state index is -0.0393. The minimum Gasteiger partial charge on any atom is -0.352 e. The number of carbonyl (C=O) groups is 1. The van der Waals surface area contributed by atoms with Crippen molar-refractivity contribution in [2.75, 3.05) is 31.1 Å². The van der Waals surface area contributed by atoms with Gasteiger partial charge in [0.15, 0.2) is 5.13 Å². The van der Waals surface area contributed by atoms with E-state index >= 15 is 0 Å². The van der Waals surface area contributed by atoms with E-state index in [1.165, 1.54) is 19.3 Å². The molecule has 5 nitrogen and oxygen atoms in total. The standard InChI is InChI=1S/C17H28N4OS/c1-13-5-3-4-6-15(13)19-16(22)14(2)20-8-10-21(11-9-20)17-18-7-12-23-17/h7,12-15H,3-6,8-11H2,1-2H3,(H,19,22)/t13-,14+,15+/m0/s1. The molecule has 1 aromatic rings. The van der Waals surface area contributed by atoms with Gasteiger partial charge in [0.25, 0.3) is 0 Å². The Hall–Kier alpha value is -1.14. The van der Waals surface area contributed by atoms with Gasteiger partial charge < -0.3 is 10.2 Å². The maximum absolute atomic E-state index is 12.6. The predicted molar refractivity (Wildman–Crippen MR) is 94.9 cm³/mol. The first-order valence-corrected chi connectivity index (χ1v) is 9.72. The highest BCUT2D eigenvalue weighted by atomic mass is 32.1. The highest BCUT2D eigenvalue weighted by Crippen LogP contribution is 2.24. The van der Waals surface area contributed by atoms with Crippen LogP contribution in [0.4, 0.5) is 5.13 Å². The summed E-state index contributed by atoms with van der Waals surface area (Å²) in [5.74, 6) is 0.813. The lowest BCUT2D eigenvalue weighted by Gasteiger charge is -2.38. The molecule has 3 atom stereocenters. The maximum atomic E-state index is 12.6. The van der Waals surface area contributed by atoms with Gasteiger partial charge in [0.2, 0.25) is 5.91 Å². The fraction of sp³-hybridized carbons (Fsp3) is 0.765. The molecule has 1 amide bonds. The van der Waals surface area contributed by atoms with Crippen molar-refractivity contribution >= 4 is 22.4 Å². The summed E-state index contributed by atoms with van der Waals surface area (Å²) in [5.41, 5.74) is 0. The molecule has 6 heteroatoms. The van der Waals surface area contributed by atoms with Crippen molar-refractivity contribution in [2.24, 2.45) is 5.92 Å². The lowest BCUT2D eigenvalue weighted by atomic mass is 9.86. The number of piperazine rings is 1. The number of thiazole rings is 1. The quantitative estimate of drug-likeness (QED) is 0.917. The Labute approximate surface area is 143 Å². The Morgan fingerprint density at radius 2 is 2.04 bits per heavy atom. The Morgan fingerprint density at radius 3 is 2.70 bits per heavy atom. The second-order valence-electron chi connectivity index (χ2n) is 6.89. The van der Waals surface area contributed by atoms with Gasteiger partial charge in [-0.25, -0.2) is 4.98 Å². The van der Waals surface area contributed by atoms with Crippen molar-refractivity contribution in [3.05, 3.63) is 11.6 Å². The van der Waals surface area contributed by atoms with E-state index in [4.69, 9.17) is 0 Å². The SMILES string of the molecule is C[C@H](C(=O)N[C@@H]1CCCC[C@@H]1C)N1CCN(c2nccs2)CC1. The topological polar surface area (TPSA) is 48.5 Å². The summed E-state index contributed by atoms with van der Waals surface area (Å²) in [6, 6.07) is 0.331. The van der Waals surface area contributed by atoms with Crippen molar-refractivity contribution in [3.63, 3.8) is 0 Å². The average Bonchev–Trinajstić information content (AvgIpc) is 3.11. The largest absolute Gasteiger partial charge is 0.352 e. The number of amides is 1. The Balaban J connectivity index is 1.48. The third-order valence-corrected chi connectivity index (χ3v) is 6.20. The number of aromatic nitrogens is 1. The molecule has 1 aliphatic carbocycles. The van der Waals surface area contributed by atoms with Gasteiger partial charge in [0, 0.05) is 43.8 Å². The van der Waals surface area contributed by atoms with Crippen molar-refractivity contribution in [2.45, 2.75) is 51.6 Å². The molecule has 1 aromatic heterocycles. The number of nitrogens with one attached hydrogen (secondary N) is 1. The lowest BCUT2D eigenvalue weighted by Crippen LogP contribution is -2.55. The van der Waals surface area contributed by atoms with Gasteiger partial charge in [0.05, 0.1) is 6.04 Å². The predicted octanol–water partition coefficient (Wildman–Crippen LogP) is 2.35. The van der Waals surface area contributed by atoms with Crippen molar-refractivity contribution in [3.8, 4) is 0 Å². The molecule has 1 N–H and O–H groups in total. The molecule has 3 rings (SSSR count). The van der Waals surface area contributed by atoms with Crippen LogP contribution in [0.2, 0.25) is 0 Å². The Bertz CT molecular complexity index is 499. The number of hydrogen-bond acceptors (Lipinski definition) is 5. The van der Waals surface area contributed by atoms with Gasteiger partial charge in [0.1, 0.15) is 0 Å². The van der Waals surface area contributed by atoms with Gasteiger partial charge in [-0.15, -0.1) is 11.3 Å². The van der Waals surface area contributed by atoms with E-state index in [-0.39, 0.29) is 11.9 Å². The van der Waals surface area contributed by atoms with Crippen molar-refractivity contribution < 1.29 is 4.79 Å². The van der Waals surface area contributed by atoms with E-state index in [9.17, 15) is 4.79 Å². The van der Waals surface area contributed by atoms with Crippen LogP contribution in [0.3, 0.4) is 0 Å². The zero-order valence-corrected chi connectivity index (χ0v) is 15.0. The summed E-state index contributed by atoms with van der Waals surface area (Å²) >= 11 is 1.69. The van der Waals surface area contributed by atoms with Crippen LogP contribution >= 0.6 is 11.3 Å². The van der Waals surface area contributed by atoms with Gasteiger partial charge in [-0.2, -0.15) is 0 Å². The van der Waals surface area contributed by atoms with Gasteiger partial charge in [-0.05, 0) is 25.7 Å². The molecule has 1 aliphatic heterocycles. The Kier molecular flexibility index (Phi) is 5.54. The fourth-order valence-electron chi connectivity index (χ4n) is 3.67. The molecular formula is C17H28N4OS. The summed E-state index contributed by atoms with van der Waals surface area (Å²) in [5, 5.41) is 6.41. The van der Waals surface area contributed by atoms with E-state index < -0.39 is 0 Å². The fourth-order valence-corrected chi connectivity index (χ4v) is 4.37. The number of anilines is 1. The molecule has 1 saturated carbocycles. The third-order valence-electron chi connectivity index (χ3n) is 5.37. The van der Waals surface area contributed by atoms with Gasteiger partial charge in [-0.1, -0.05) is 19.8 Å². The number of rotatable bonds is 4. The first kappa shape index (κ1) is 16.7. The van der Waals surface area contributed by atoms with Crippen LogP contribution < -0.4 is 10.2 Å². The molecule has 0 bridgehead atoms. The van der Waals surface area contributed by atoms with Crippen LogP contribution in [-0.4, -0.2) is 54.1 Å². The summed E-state index contributed by atoms with van der Waals surface area (Å²) in [4.78, 5) is 21.6. The second kappa shape index (κ2) is 7.62. The average molecular weight is 337 g/mol. The molecule has 2 aliphatic rings. The summed E-state index contributed by atoms with van der Waals surface area (Å²) in [6.07, 6.45) is 6.79. The van der Waals surface area contributed by atoms with Crippen LogP contribution in [0.25, 0.3) is 0 Å². The monoisotopic (exact) mass is 336 g/mol. The van der Waals surface area contributed by atoms with Crippen molar-refractivity contribution in [1.82, 2.24) is 15.2 Å². The molecule has 2 fully saturated rings. The Morgan fingerprint density at radius 1 is 1.30 bits per heavy atom. The molecule has 128 valence electrons. The van der Waals surface area contributed by atoms with E-state index in [1.54, 1.807) is 11.3 Å². The normalized spacial score (nSPS) is 27.7. The van der Waals surface area contributed by atoms with Gasteiger partial charge >= 0.3 is 0 Å². The zero-order valence-electron chi connectivity index (χ0n) is 14.2. The highest BCUT2D eigenvalue weighted by molar-refractivity contribution is 7.13. The van der Waals surface area contributed by atoms with Crippen LogP contribution in [0.1, 0.15) is 39.5 Å². The van der Waals surface area contributed by atoms with Crippen molar-refractivity contribution in [1.29, 1.82) is 0 Å². The van der Waals surface area contributed by atoms with Crippen LogP contribution in [0.5, 0.6) is 0 Å². The number of carbonyl (C=O) groups excluding carboxylic acids is 1. The van der Waals surface area contributed by atoms with E-state index in [1.807, 2.05) is 18.5 Å². The molecule has 0 unspecified atom stereocenters. The molecule has 23 heavy (non-hydrogen) atoms. The molecular weight excluding hydrogens is 308 g/mol. The summed E-state index contributed by atoms with van der Waals surface area (Å²) < 4.78 is 0. The second-order valence-corrected chi connectivity index (χ2v) is 7.76. The number of nitrogens with zero attached hydrogens (tertiary/aromatic N) is 3. The van der Waals surface area contributed by atoms with E-state index in [0.717, 1.165) is 37.7 Å². The zero-order chi connectivity index (χ0) is 16.2. The third kappa shape index (κ3) is 4.04. The highest BCUT2D eigenvalue weighted by Gasteiger charge is 2.29. The number of hydrogen-bond donors (Lipinski definition) is 1. The van der Waals surface area contributed by atoms with Gasteiger partial charge in [-0.3, -0.25) is 9.69 Å². The van der Waals surface area contributed by atoms with Crippen LogP contribution in [0.15, 0.2) is 11.6 Å². The van der Waals surface area contributed by atoms with Crippen LogP contribution in [0, 0.1) is 5.92 Å². The summed E-state index contributed by atoms with van der Waals surface area (Å²) in [7, 11) is 0. The molecule has 0 spiro atoms. The molecule has 0 aromatic carbocycles. The molecule has 0 radical (unpaired) electrons. The minimum absolute atomic E-state index is 0.0393. The van der Waals surface area contributed by atoms with Crippen LogP contribution in [-0.2, 0) is 4.79 Å². The first-order chi connectivity index (χ1) is 11.1. The molecule has 1 saturated heterocycles. The van der Waals surface area contributed by atoms with E-state index in [2.05, 4.69) is 27.0 Å². The summed E-state index contributed by atoms with van der Waals surface area (Å²) in [6.45, 7) is 8.06. The lowest BCUT2D eigenvalue weighted by molar-refractivity contribution is -0.127. The van der Waals surface area contributed by atoms with E-state index in [0.29, 0.717) is 12.0 Å². The first-order valence-electron chi connectivity index (χ1n) is 8.84. The smallest absolute Gasteiger partial charge is 0.237 e.